The van der Waals surface area contributed by atoms with Crippen molar-refractivity contribution in [1.29, 1.82) is 0 Å². The second-order valence-electron chi connectivity index (χ2n) is 5.96. The van der Waals surface area contributed by atoms with Gasteiger partial charge in [-0.15, -0.1) is 0 Å². The second-order valence-corrected chi connectivity index (χ2v) is 5.96. The minimum Gasteiger partial charge on any atom is -0.493 e. The third-order valence-corrected chi connectivity index (χ3v) is 3.91. The Morgan fingerprint density at radius 1 is 1.15 bits per heavy atom. The molecule has 0 aliphatic rings. The first-order valence-electron chi connectivity index (χ1n) is 8.58. The van der Waals surface area contributed by atoms with Crippen LogP contribution in [0.2, 0.25) is 0 Å². The van der Waals surface area contributed by atoms with E-state index < -0.39 is 0 Å². The van der Waals surface area contributed by atoms with Crippen LogP contribution in [-0.4, -0.2) is 48.6 Å². The van der Waals surface area contributed by atoms with Crippen molar-refractivity contribution in [2.75, 3.05) is 33.1 Å². The van der Waals surface area contributed by atoms with Gasteiger partial charge >= 0.3 is 0 Å². The summed E-state index contributed by atoms with van der Waals surface area (Å²) in [7, 11) is 4.96. The zero-order chi connectivity index (χ0) is 19.1. The third-order valence-electron chi connectivity index (χ3n) is 3.91. The molecule has 7 nitrogen and oxygen atoms in total. The Morgan fingerprint density at radius 2 is 1.88 bits per heavy atom. The van der Waals surface area contributed by atoms with Crippen LogP contribution in [0.3, 0.4) is 0 Å². The number of aromatic nitrogens is 2. The number of unbranched alkanes of at least 4 members (excludes halogenated alkanes) is 1. The maximum absolute atomic E-state index is 12.6. The lowest BCUT2D eigenvalue weighted by Crippen LogP contribution is -2.28. The topological polar surface area (TPSA) is 76.6 Å². The van der Waals surface area contributed by atoms with Crippen LogP contribution in [0.25, 0.3) is 0 Å². The molecule has 1 heterocycles. The largest absolute Gasteiger partial charge is 0.493 e. The number of rotatable bonds is 8. The Kier molecular flexibility index (Phi) is 6.77. The summed E-state index contributed by atoms with van der Waals surface area (Å²) in [6.07, 6.45) is 2.00. The Bertz CT molecular complexity index is 764. The van der Waals surface area contributed by atoms with E-state index in [4.69, 9.17) is 9.47 Å². The average molecular weight is 358 g/mol. The molecule has 0 aliphatic carbocycles. The Balaban J connectivity index is 2.23. The lowest BCUT2D eigenvalue weighted by Gasteiger charge is -2.17. The number of carbonyl (C=O) groups is 1. The summed E-state index contributed by atoms with van der Waals surface area (Å²) >= 11 is 0. The van der Waals surface area contributed by atoms with Gasteiger partial charge in [-0.2, -0.15) is 0 Å². The molecule has 7 heteroatoms. The number of hydrogen-bond donors (Lipinski definition) is 1. The van der Waals surface area contributed by atoms with Crippen LogP contribution in [0.5, 0.6) is 11.5 Å². The molecule has 0 bridgehead atoms. The fourth-order valence-electron chi connectivity index (χ4n) is 2.50. The molecule has 2 rings (SSSR count). The van der Waals surface area contributed by atoms with Gasteiger partial charge in [0.2, 0.25) is 0 Å². The molecule has 0 spiro atoms. The van der Waals surface area contributed by atoms with Gasteiger partial charge in [0.05, 0.1) is 14.2 Å². The Hall–Kier alpha value is -2.83. The highest BCUT2D eigenvalue weighted by atomic mass is 16.5. The van der Waals surface area contributed by atoms with Crippen LogP contribution in [0.1, 0.15) is 36.1 Å². The average Bonchev–Trinajstić information content (AvgIpc) is 2.64. The molecule has 0 saturated carbocycles. The molecule has 1 aromatic carbocycles. The van der Waals surface area contributed by atoms with Gasteiger partial charge in [-0.1, -0.05) is 13.3 Å². The van der Waals surface area contributed by atoms with E-state index in [0.717, 1.165) is 18.5 Å². The van der Waals surface area contributed by atoms with Crippen molar-refractivity contribution in [1.82, 2.24) is 14.9 Å². The molecule has 0 unspecified atom stereocenters. The van der Waals surface area contributed by atoms with E-state index in [1.807, 2.05) is 12.1 Å². The molecule has 1 aromatic heterocycles. The molecule has 0 fully saturated rings. The fraction of sp³-hybridized carbons (Fsp3) is 0.421. The number of carbonyl (C=O) groups excluding carboxylic acids is 1. The van der Waals surface area contributed by atoms with Gasteiger partial charge in [-0.25, -0.2) is 9.97 Å². The van der Waals surface area contributed by atoms with Crippen molar-refractivity contribution >= 4 is 17.4 Å². The van der Waals surface area contributed by atoms with Gasteiger partial charge in [-0.3, -0.25) is 4.79 Å². The van der Waals surface area contributed by atoms with Crippen LogP contribution in [-0.2, 0) is 0 Å². The zero-order valence-corrected chi connectivity index (χ0v) is 16.0. The zero-order valence-electron chi connectivity index (χ0n) is 16.0. The van der Waals surface area contributed by atoms with Gasteiger partial charge in [-0.05, 0) is 25.5 Å². The number of anilines is 2. The second kappa shape index (κ2) is 9.03. The van der Waals surface area contributed by atoms with Crippen LogP contribution in [0.4, 0.5) is 11.5 Å². The normalized spacial score (nSPS) is 10.3. The van der Waals surface area contributed by atoms with Crippen LogP contribution in [0.15, 0.2) is 24.3 Å². The number of nitrogens with one attached hydrogen (secondary N) is 1. The summed E-state index contributed by atoms with van der Waals surface area (Å²) < 4.78 is 10.6. The van der Waals surface area contributed by atoms with E-state index in [2.05, 4.69) is 22.2 Å². The van der Waals surface area contributed by atoms with Crippen molar-refractivity contribution < 1.29 is 14.3 Å². The van der Waals surface area contributed by atoms with Gasteiger partial charge in [0, 0.05) is 31.4 Å². The summed E-state index contributed by atoms with van der Waals surface area (Å²) in [4.78, 5) is 22.9. The van der Waals surface area contributed by atoms with E-state index in [1.54, 1.807) is 45.2 Å². The molecule has 1 amide bonds. The fourth-order valence-corrected chi connectivity index (χ4v) is 2.50. The highest BCUT2D eigenvalue weighted by Gasteiger charge is 2.15. The molecule has 2 aromatic rings. The molecule has 0 aliphatic heterocycles. The lowest BCUT2D eigenvalue weighted by molar-refractivity contribution is 0.0787. The van der Waals surface area contributed by atoms with Crippen molar-refractivity contribution in [2.45, 2.75) is 26.7 Å². The van der Waals surface area contributed by atoms with Crippen LogP contribution < -0.4 is 14.8 Å². The predicted octanol–water partition coefficient (Wildman–Crippen LogP) is 3.42. The number of methoxy groups -OCH3 is 2. The first-order chi connectivity index (χ1) is 12.5. The molecule has 0 saturated heterocycles. The van der Waals surface area contributed by atoms with Gasteiger partial charge in [0.15, 0.2) is 11.5 Å². The number of hydrogen-bond acceptors (Lipinski definition) is 6. The highest BCUT2D eigenvalue weighted by Crippen LogP contribution is 2.30. The minimum atomic E-state index is -0.112. The molecular weight excluding hydrogens is 332 g/mol. The lowest BCUT2D eigenvalue weighted by atomic mass is 10.2. The number of nitrogens with zero attached hydrogens (tertiary/aromatic N) is 3. The van der Waals surface area contributed by atoms with E-state index in [1.165, 1.54) is 0 Å². The van der Waals surface area contributed by atoms with Gasteiger partial charge in [0.25, 0.3) is 5.91 Å². The summed E-state index contributed by atoms with van der Waals surface area (Å²) in [6, 6.07) is 7.13. The first kappa shape index (κ1) is 19.5. The van der Waals surface area contributed by atoms with E-state index in [-0.39, 0.29) is 5.91 Å². The molecule has 0 radical (unpaired) electrons. The summed E-state index contributed by atoms with van der Waals surface area (Å²) in [5.74, 6) is 2.23. The minimum absolute atomic E-state index is 0.112. The number of ether oxygens (including phenoxy) is 2. The van der Waals surface area contributed by atoms with Crippen molar-refractivity contribution in [3.63, 3.8) is 0 Å². The SMILES string of the molecule is CCCCN(C)C(=O)c1cc(Nc2ccc(OC)c(OC)c2)nc(C)n1. The van der Waals surface area contributed by atoms with Crippen molar-refractivity contribution in [2.24, 2.45) is 0 Å². The third kappa shape index (κ3) is 4.84. The van der Waals surface area contributed by atoms with Crippen LogP contribution in [0, 0.1) is 6.92 Å². The standard InChI is InChI=1S/C19H26N4O3/c1-6-7-10-23(3)19(24)15-12-18(21-13(2)20-15)22-14-8-9-16(25-4)17(11-14)26-5/h8-9,11-12H,6-7,10H2,1-5H3,(H,20,21,22). The quantitative estimate of drug-likeness (QED) is 0.779. The predicted molar refractivity (Wildman–Crippen MR) is 101 cm³/mol. The molecule has 140 valence electrons. The van der Waals surface area contributed by atoms with Crippen molar-refractivity contribution in [3.8, 4) is 11.5 Å². The Labute approximate surface area is 154 Å². The Morgan fingerprint density at radius 3 is 2.54 bits per heavy atom. The van der Waals surface area contributed by atoms with Crippen molar-refractivity contribution in [3.05, 3.63) is 35.8 Å². The number of aryl methyl sites for hydroxylation is 1. The summed E-state index contributed by atoms with van der Waals surface area (Å²) in [5.41, 5.74) is 1.15. The first-order valence-corrected chi connectivity index (χ1v) is 8.58. The molecular formula is C19H26N4O3. The molecule has 0 atom stereocenters. The highest BCUT2D eigenvalue weighted by molar-refractivity contribution is 5.93. The monoisotopic (exact) mass is 358 g/mol. The maximum Gasteiger partial charge on any atom is 0.272 e. The van der Waals surface area contributed by atoms with E-state index in [0.29, 0.717) is 35.4 Å². The summed E-state index contributed by atoms with van der Waals surface area (Å²) in [5, 5.41) is 3.19. The summed E-state index contributed by atoms with van der Waals surface area (Å²) in [6.45, 7) is 4.57. The van der Waals surface area contributed by atoms with E-state index in [9.17, 15) is 4.79 Å². The van der Waals surface area contributed by atoms with E-state index >= 15 is 0 Å². The number of benzene rings is 1. The molecule has 1 N–H and O–H groups in total. The molecule has 26 heavy (non-hydrogen) atoms. The van der Waals surface area contributed by atoms with Crippen LogP contribution >= 0.6 is 0 Å². The van der Waals surface area contributed by atoms with Gasteiger partial charge < -0.3 is 19.7 Å². The smallest absolute Gasteiger partial charge is 0.272 e. The van der Waals surface area contributed by atoms with Gasteiger partial charge in [0.1, 0.15) is 17.3 Å². The number of amides is 1. The maximum atomic E-state index is 12.6.